The molecule has 0 aliphatic rings. The standard InChI is InChI=1S/C16H22N4O/c1-11(2)20-10-14(9-17-20)12(3)18-15-6-5-7-16(8-15)19-13(4)21/h5-12,18H,1-4H3,(H,19,21)/t12-/m0/s1. The maximum Gasteiger partial charge on any atom is 0.221 e. The third kappa shape index (κ3) is 4.08. The van der Waals surface area contributed by atoms with Crippen LogP contribution in [0.25, 0.3) is 0 Å². The van der Waals surface area contributed by atoms with Gasteiger partial charge in [0.15, 0.2) is 0 Å². The third-order valence-electron chi connectivity index (χ3n) is 3.22. The van der Waals surface area contributed by atoms with E-state index in [2.05, 4.69) is 42.7 Å². The second kappa shape index (κ2) is 6.43. The Morgan fingerprint density at radius 3 is 2.57 bits per heavy atom. The Bertz CT molecular complexity index is 618. The number of aromatic nitrogens is 2. The van der Waals surface area contributed by atoms with E-state index in [-0.39, 0.29) is 11.9 Å². The summed E-state index contributed by atoms with van der Waals surface area (Å²) in [5, 5.41) is 10.6. The number of hydrogen-bond acceptors (Lipinski definition) is 3. The molecule has 1 atom stereocenters. The molecule has 5 heteroatoms. The Kier molecular flexibility index (Phi) is 4.62. The van der Waals surface area contributed by atoms with Crippen LogP contribution in [0.1, 0.15) is 45.3 Å². The van der Waals surface area contributed by atoms with Gasteiger partial charge in [-0.3, -0.25) is 9.48 Å². The molecule has 0 radical (unpaired) electrons. The van der Waals surface area contributed by atoms with Crippen LogP contribution in [0.4, 0.5) is 11.4 Å². The highest BCUT2D eigenvalue weighted by Gasteiger charge is 2.09. The van der Waals surface area contributed by atoms with Crippen molar-refractivity contribution in [1.82, 2.24) is 9.78 Å². The van der Waals surface area contributed by atoms with Gasteiger partial charge in [-0.2, -0.15) is 5.10 Å². The van der Waals surface area contributed by atoms with E-state index >= 15 is 0 Å². The van der Waals surface area contributed by atoms with Crippen LogP contribution >= 0.6 is 0 Å². The zero-order chi connectivity index (χ0) is 15.4. The van der Waals surface area contributed by atoms with Crippen LogP contribution in [-0.4, -0.2) is 15.7 Å². The first kappa shape index (κ1) is 15.1. The van der Waals surface area contributed by atoms with Crippen molar-refractivity contribution in [3.05, 3.63) is 42.2 Å². The molecule has 0 aliphatic carbocycles. The first-order valence-corrected chi connectivity index (χ1v) is 7.14. The lowest BCUT2D eigenvalue weighted by molar-refractivity contribution is -0.114. The molecule has 1 aromatic heterocycles. The van der Waals surface area contributed by atoms with Gasteiger partial charge in [-0.15, -0.1) is 0 Å². The number of nitrogens with zero attached hydrogens (tertiary/aromatic N) is 2. The van der Waals surface area contributed by atoms with E-state index in [0.29, 0.717) is 6.04 Å². The second-order valence-corrected chi connectivity index (χ2v) is 5.48. The van der Waals surface area contributed by atoms with Crippen molar-refractivity contribution >= 4 is 17.3 Å². The summed E-state index contributed by atoms with van der Waals surface area (Å²) in [6.07, 6.45) is 3.94. The van der Waals surface area contributed by atoms with Crippen LogP contribution in [0.5, 0.6) is 0 Å². The molecular formula is C16H22N4O. The minimum absolute atomic E-state index is 0.0709. The first-order valence-electron chi connectivity index (χ1n) is 7.14. The van der Waals surface area contributed by atoms with Crippen LogP contribution in [0.3, 0.4) is 0 Å². The highest BCUT2D eigenvalue weighted by molar-refractivity contribution is 5.89. The Hall–Kier alpha value is -2.30. The Morgan fingerprint density at radius 1 is 1.24 bits per heavy atom. The van der Waals surface area contributed by atoms with E-state index in [1.807, 2.05) is 35.1 Å². The lowest BCUT2D eigenvalue weighted by Crippen LogP contribution is -2.08. The van der Waals surface area contributed by atoms with Gasteiger partial charge in [0.2, 0.25) is 5.91 Å². The van der Waals surface area contributed by atoms with Crippen molar-refractivity contribution in [1.29, 1.82) is 0 Å². The number of hydrogen-bond donors (Lipinski definition) is 2. The number of amides is 1. The molecular weight excluding hydrogens is 264 g/mol. The van der Waals surface area contributed by atoms with E-state index in [0.717, 1.165) is 16.9 Å². The number of nitrogens with one attached hydrogen (secondary N) is 2. The Labute approximate surface area is 125 Å². The minimum Gasteiger partial charge on any atom is -0.378 e. The zero-order valence-corrected chi connectivity index (χ0v) is 12.9. The summed E-state index contributed by atoms with van der Waals surface area (Å²) in [4.78, 5) is 11.1. The molecule has 2 rings (SSSR count). The van der Waals surface area contributed by atoms with Gasteiger partial charge in [-0.25, -0.2) is 0 Å². The quantitative estimate of drug-likeness (QED) is 0.883. The summed E-state index contributed by atoms with van der Waals surface area (Å²) in [6.45, 7) is 7.80. The van der Waals surface area contributed by atoms with Crippen LogP contribution in [-0.2, 0) is 4.79 Å². The average molecular weight is 286 g/mol. The van der Waals surface area contributed by atoms with Gasteiger partial charge < -0.3 is 10.6 Å². The number of rotatable bonds is 5. The molecule has 0 bridgehead atoms. The van der Waals surface area contributed by atoms with Crippen molar-refractivity contribution in [3.63, 3.8) is 0 Å². The average Bonchev–Trinajstić information content (AvgIpc) is 2.88. The maximum absolute atomic E-state index is 11.1. The summed E-state index contributed by atoms with van der Waals surface area (Å²) < 4.78 is 1.95. The lowest BCUT2D eigenvalue weighted by atomic mass is 10.1. The van der Waals surface area contributed by atoms with E-state index in [9.17, 15) is 4.79 Å². The molecule has 0 saturated heterocycles. The second-order valence-electron chi connectivity index (χ2n) is 5.48. The zero-order valence-electron chi connectivity index (χ0n) is 12.9. The first-order chi connectivity index (χ1) is 9.95. The Morgan fingerprint density at radius 2 is 1.95 bits per heavy atom. The SMILES string of the molecule is CC(=O)Nc1cccc(N[C@@H](C)c2cnn(C(C)C)c2)c1. The maximum atomic E-state index is 11.1. The summed E-state index contributed by atoms with van der Waals surface area (Å²) in [5.41, 5.74) is 2.89. The predicted octanol–water partition coefficient (Wildman–Crippen LogP) is 3.60. The number of carbonyl (C=O) groups is 1. The van der Waals surface area contributed by atoms with Crippen LogP contribution in [0.2, 0.25) is 0 Å². The summed E-state index contributed by atoms with van der Waals surface area (Å²) >= 11 is 0. The van der Waals surface area contributed by atoms with Gasteiger partial charge in [0.25, 0.3) is 0 Å². The molecule has 0 unspecified atom stereocenters. The third-order valence-corrected chi connectivity index (χ3v) is 3.22. The molecule has 2 aromatic rings. The molecule has 0 saturated carbocycles. The normalized spacial score (nSPS) is 12.2. The lowest BCUT2D eigenvalue weighted by Gasteiger charge is -2.15. The largest absolute Gasteiger partial charge is 0.378 e. The van der Waals surface area contributed by atoms with Crippen molar-refractivity contribution in [2.24, 2.45) is 0 Å². The van der Waals surface area contributed by atoms with Crippen LogP contribution in [0.15, 0.2) is 36.7 Å². The van der Waals surface area contributed by atoms with Crippen molar-refractivity contribution < 1.29 is 4.79 Å². The van der Waals surface area contributed by atoms with Crippen molar-refractivity contribution in [3.8, 4) is 0 Å². The molecule has 1 aromatic carbocycles. The van der Waals surface area contributed by atoms with Crippen LogP contribution < -0.4 is 10.6 Å². The van der Waals surface area contributed by atoms with Gasteiger partial charge in [0.1, 0.15) is 0 Å². The molecule has 112 valence electrons. The fourth-order valence-corrected chi connectivity index (χ4v) is 2.08. The van der Waals surface area contributed by atoms with E-state index in [1.165, 1.54) is 6.92 Å². The minimum atomic E-state index is -0.0709. The predicted molar refractivity (Wildman–Crippen MR) is 85.4 cm³/mol. The fraction of sp³-hybridized carbons (Fsp3) is 0.375. The molecule has 0 fully saturated rings. The summed E-state index contributed by atoms with van der Waals surface area (Å²) in [7, 11) is 0. The number of anilines is 2. The summed E-state index contributed by atoms with van der Waals surface area (Å²) in [5.74, 6) is -0.0709. The molecule has 21 heavy (non-hydrogen) atoms. The molecule has 5 nitrogen and oxygen atoms in total. The van der Waals surface area contributed by atoms with E-state index < -0.39 is 0 Å². The monoisotopic (exact) mass is 286 g/mol. The van der Waals surface area contributed by atoms with Crippen LogP contribution in [0, 0.1) is 0 Å². The highest BCUT2D eigenvalue weighted by Crippen LogP contribution is 2.22. The van der Waals surface area contributed by atoms with Gasteiger partial charge in [-0.1, -0.05) is 6.07 Å². The van der Waals surface area contributed by atoms with Crippen molar-refractivity contribution in [2.75, 3.05) is 10.6 Å². The highest BCUT2D eigenvalue weighted by atomic mass is 16.1. The van der Waals surface area contributed by atoms with Gasteiger partial charge in [0.05, 0.1) is 12.2 Å². The van der Waals surface area contributed by atoms with Crippen molar-refractivity contribution in [2.45, 2.75) is 39.8 Å². The molecule has 0 spiro atoms. The Balaban J connectivity index is 2.07. The fourth-order valence-electron chi connectivity index (χ4n) is 2.08. The van der Waals surface area contributed by atoms with E-state index in [4.69, 9.17) is 0 Å². The topological polar surface area (TPSA) is 59.0 Å². The summed E-state index contributed by atoms with van der Waals surface area (Å²) in [6, 6.07) is 8.19. The van der Waals surface area contributed by atoms with E-state index in [1.54, 1.807) is 0 Å². The molecule has 1 heterocycles. The van der Waals surface area contributed by atoms with Gasteiger partial charge in [0, 0.05) is 36.1 Å². The molecule has 1 amide bonds. The number of carbonyl (C=O) groups excluding carboxylic acids is 1. The molecule has 2 N–H and O–H groups in total. The van der Waals surface area contributed by atoms with Gasteiger partial charge in [-0.05, 0) is 39.0 Å². The van der Waals surface area contributed by atoms with Gasteiger partial charge >= 0.3 is 0 Å². The smallest absolute Gasteiger partial charge is 0.221 e. The molecule has 0 aliphatic heterocycles. The number of benzene rings is 1.